The number of halogens is 2. The highest BCUT2D eigenvalue weighted by atomic mass is 79.9. The molecule has 9 heteroatoms. The lowest BCUT2D eigenvalue weighted by Crippen LogP contribution is -2.10. The maximum Gasteiger partial charge on any atom is 0.305 e. The molecule has 0 spiro atoms. The molecular formula is C20H16BrFN4O2S. The molecule has 1 aromatic heterocycles. The number of carbonyl (C=O) groups is 1. The van der Waals surface area contributed by atoms with Gasteiger partial charge in [0.2, 0.25) is 0 Å². The molecule has 0 saturated heterocycles. The zero-order valence-electron chi connectivity index (χ0n) is 15.3. The summed E-state index contributed by atoms with van der Waals surface area (Å²) in [5.41, 5.74) is 2.30. The van der Waals surface area contributed by atoms with E-state index in [1.165, 1.54) is 13.2 Å². The molecule has 0 bridgehead atoms. The van der Waals surface area contributed by atoms with Crippen LogP contribution in [0.5, 0.6) is 0 Å². The lowest BCUT2D eigenvalue weighted by Gasteiger charge is -2.13. The van der Waals surface area contributed by atoms with Crippen LogP contribution < -0.4 is 0 Å². The van der Waals surface area contributed by atoms with Gasteiger partial charge in [-0.15, -0.1) is 22.8 Å². The molecule has 29 heavy (non-hydrogen) atoms. The maximum absolute atomic E-state index is 14.7. The molecule has 2 aromatic carbocycles. The van der Waals surface area contributed by atoms with E-state index in [9.17, 15) is 9.18 Å². The molecule has 1 atom stereocenters. The Labute approximate surface area is 180 Å². The summed E-state index contributed by atoms with van der Waals surface area (Å²) in [7, 11) is 1.34. The quantitative estimate of drug-likeness (QED) is 0.451. The van der Waals surface area contributed by atoms with Crippen molar-refractivity contribution < 1.29 is 13.9 Å². The van der Waals surface area contributed by atoms with Gasteiger partial charge in [0.05, 0.1) is 18.5 Å². The average molecular weight is 475 g/mol. The molecule has 1 aliphatic rings. The van der Waals surface area contributed by atoms with Gasteiger partial charge in [0.15, 0.2) is 11.0 Å². The van der Waals surface area contributed by atoms with Crippen LogP contribution >= 0.6 is 28.6 Å². The lowest BCUT2D eigenvalue weighted by molar-refractivity contribution is -0.140. The minimum absolute atomic E-state index is 0.143. The standard InChI is InChI=1S/C20H16BrFN4O2S/c1-28-17(27)9-7-15-19-24-25-20(29)26(19)16-8-6-11(21)10-13(16)18(23-15)12-4-2-3-5-14(12)22/h2-6,8,10,15H,7,9H2,1H3,(H,25,29)/t15-/m0/s1. The number of methoxy groups -OCH3 is 1. The highest BCUT2D eigenvalue weighted by molar-refractivity contribution is 9.10. The van der Waals surface area contributed by atoms with Gasteiger partial charge in [0.1, 0.15) is 11.9 Å². The number of carbonyl (C=O) groups excluding carboxylic acids is 1. The van der Waals surface area contributed by atoms with E-state index in [1.54, 1.807) is 22.8 Å². The molecular weight excluding hydrogens is 459 g/mol. The van der Waals surface area contributed by atoms with Gasteiger partial charge in [-0.1, -0.05) is 28.1 Å². The smallest absolute Gasteiger partial charge is 0.305 e. The molecule has 0 radical (unpaired) electrons. The fraction of sp³-hybridized carbons (Fsp3) is 0.200. The summed E-state index contributed by atoms with van der Waals surface area (Å²) in [5.74, 6) is -0.198. The first-order valence-electron chi connectivity index (χ1n) is 8.83. The van der Waals surface area contributed by atoms with Crippen LogP contribution in [0.1, 0.15) is 35.8 Å². The number of hydrogen-bond donors (Lipinski definition) is 1. The summed E-state index contributed by atoms with van der Waals surface area (Å²) in [5, 5.41) is 8.71. The van der Waals surface area contributed by atoms with E-state index in [4.69, 9.17) is 9.73 Å². The summed E-state index contributed by atoms with van der Waals surface area (Å²) < 4.78 is 22.1. The molecule has 6 nitrogen and oxygen atoms in total. The second-order valence-corrected chi connectivity index (χ2v) is 7.76. The summed E-state index contributed by atoms with van der Waals surface area (Å²) >= 11 is 7.94. The molecule has 3 aromatic rings. The fourth-order valence-electron chi connectivity index (χ4n) is 3.33. The van der Waals surface area contributed by atoms with Crippen molar-refractivity contribution in [2.75, 3.05) is 7.11 Å². The van der Waals surface area contributed by atoms with Gasteiger partial charge >= 0.3 is 5.97 Å². The van der Waals surface area contributed by atoms with Crippen LogP contribution in [0.3, 0.4) is 0 Å². The second-order valence-electron chi connectivity index (χ2n) is 6.44. The van der Waals surface area contributed by atoms with Gasteiger partial charge in [-0.05, 0) is 36.8 Å². The van der Waals surface area contributed by atoms with Gasteiger partial charge in [-0.3, -0.25) is 14.4 Å². The average Bonchev–Trinajstić information content (AvgIpc) is 3.03. The normalized spacial score (nSPS) is 15.2. The van der Waals surface area contributed by atoms with Crippen molar-refractivity contribution in [3.05, 3.63) is 69.7 Å². The number of aliphatic imine (C=N–C) groups is 1. The number of thiol groups is 1. The minimum atomic E-state index is -0.525. The second kappa shape index (κ2) is 8.08. The zero-order valence-corrected chi connectivity index (χ0v) is 17.8. The van der Waals surface area contributed by atoms with Gasteiger partial charge in [0.25, 0.3) is 0 Å². The predicted octanol–water partition coefficient (Wildman–Crippen LogP) is 4.30. The van der Waals surface area contributed by atoms with Gasteiger partial charge < -0.3 is 4.74 Å². The molecule has 0 amide bonds. The lowest BCUT2D eigenvalue weighted by atomic mass is 10.00. The monoisotopic (exact) mass is 474 g/mol. The fourth-order valence-corrected chi connectivity index (χ4v) is 3.94. The Bertz CT molecular complexity index is 1130. The van der Waals surface area contributed by atoms with Crippen molar-refractivity contribution in [3.8, 4) is 5.69 Å². The summed E-state index contributed by atoms with van der Waals surface area (Å²) in [6.45, 7) is 0. The van der Waals surface area contributed by atoms with Crippen LogP contribution in [-0.2, 0) is 9.53 Å². The Kier molecular flexibility index (Phi) is 5.51. The Balaban J connectivity index is 1.96. The van der Waals surface area contributed by atoms with Crippen molar-refractivity contribution >= 4 is 40.2 Å². The SMILES string of the molecule is COC(=O)CC[C@@H]1N=C(c2ccccc2F)c2cc(Br)ccc2-n2c(S)nnc21. The number of hydrogen-bond acceptors (Lipinski definition) is 6. The van der Waals surface area contributed by atoms with E-state index in [0.717, 1.165) is 10.2 Å². The van der Waals surface area contributed by atoms with Crippen LogP contribution in [0.25, 0.3) is 5.69 Å². The Hall–Kier alpha value is -2.52. The largest absolute Gasteiger partial charge is 0.469 e. The number of ether oxygens (including phenoxy) is 1. The summed E-state index contributed by atoms with van der Waals surface area (Å²) in [4.78, 5) is 16.6. The third-order valence-corrected chi connectivity index (χ3v) is 5.47. The number of esters is 1. The molecule has 0 N–H and O–H groups in total. The maximum atomic E-state index is 14.7. The number of fused-ring (bicyclic) bond motifs is 3. The van der Waals surface area contributed by atoms with Gasteiger partial charge in [-0.25, -0.2) is 4.39 Å². The van der Waals surface area contributed by atoms with Crippen LogP contribution in [0, 0.1) is 5.82 Å². The molecule has 0 fully saturated rings. The van der Waals surface area contributed by atoms with E-state index in [0.29, 0.717) is 34.2 Å². The highest BCUT2D eigenvalue weighted by Gasteiger charge is 2.29. The highest BCUT2D eigenvalue weighted by Crippen LogP contribution is 2.35. The Morgan fingerprint density at radius 1 is 1.24 bits per heavy atom. The van der Waals surface area contributed by atoms with E-state index >= 15 is 0 Å². The first-order chi connectivity index (χ1) is 14.0. The summed E-state index contributed by atoms with van der Waals surface area (Å²) in [6, 6.07) is 11.6. The van der Waals surface area contributed by atoms with E-state index in [2.05, 4.69) is 38.8 Å². The first-order valence-corrected chi connectivity index (χ1v) is 10.1. The number of aromatic nitrogens is 3. The van der Waals surface area contributed by atoms with Crippen LogP contribution in [0.15, 0.2) is 57.1 Å². The minimum Gasteiger partial charge on any atom is -0.469 e. The summed E-state index contributed by atoms with van der Waals surface area (Å²) in [6.07, 6.45) is 0.482. The molecule has 0 unspecified atom stereocenters. The van der Waals surface area contributed by atoms with Crippen molar-refractivity contribution in [2.45, 2.75) is 24.0 Å². The third kappa shape index (κ3) is 3.72. The molecule has 0 saturated carbocycles. The third-order valence-electron chi connectivity index (χ3n) is 4.69. The Morgan fingerprint density at radius 2 is 2.03 bits per heavy atom. The predicted molar refractivity (Wildman–Crippen MR) is 112 cm³/mol. The van der Waals surface area contributed by atoms with Crippen LogP contribution in [0.4, 0.5) is 4.39 Å². The first kappa shape index (κ1) is 19.8. The van der Waals surface area contributed by atoms with Crippen molar-refractivity contribution in [1.82, 2.24) is 14.8 Å². The molecule has 2 heterocycles. The van der Waals surface area contributed by atoms with E-state index < -0.39 is 6.04 Å². The molecule has 1 aliphatic heterocycles. The van der Waals surface area contributed by atoms with Crippen molar-refractivity contribution in [1.29, 1.82) is 0 Å². The number of benzene rings is 2. The van der Waals surface area contributed by atoms with E-state index in [-0.39, 0.29) is 18.2 Å². The Morgan fingerprint density at radius 3 is 2.79 bits per heavy atom. The number of rotatable bonds is 4. The molecule has 148 valence electrons. The van der Waals surface area contributed by atoms with Gasteiger partial charge in [0, 0.05) is 22.0 Å². The molecule has 4 rings (SSSR count). The topological polar surface area (TPSA) is 69.4 Å². The van der Waals surface area contributed by atoms with Crippen LogP contribution in [-0.4, -0.2) is 33.6 Å². The van der Waals surface area contributed by atoms with E-state index in [1.807, 2.05) is 18.2 Å². The van der Waals surface area contributed by atoms with Gasteiger partial charge in [-0.2, -0.15) is 0 Å². The molecule has 0 aliphatic carbocycles. The van der Waals surface area contributed by atoms with Crippen molar-refractivity contribution in [3.63, 3.8) is 0 Å². The zero-order chi connectivity index (χ0) is 20.5. The van der Waals surface area contributed by atoms with Crippen molar-refractivity contribution in [2.24, 2.45) is 4.99 Å². The number of nitrogens with zero attached hydrogens (tertiary/aromatic N) is 4. The van der Waals surface area contributed by atoms with Crippen LogP contribution in [0.2, 0.25) is 0 Å².